The Kier molecular flexibility index (Phi) is 5.94. The van der Waals surface area contributed by atoms with E-state index >= 15 is 0 Å². The number of carbonyl (C=O) groups is 2. The van der Waals surface area contributed by atoms with E-state index in [0.717, 1.165) is 4.68 Å². The number of benzene rings is 3. The highest BCUT2D eigenvalue weighted by Gasteiger charge is 2.43. The van der Waals surface area contributed by atoms with Gasteiger partial charge in [-0.1, -0.05) is 12.1 Å². The number of amides is 2. The third-order valence-electron chi connectivity index (χ3n) is 6.04. The molecule has 0 aliphatic carbocycles. The number of methoxy groups -OCH3 is 1. The number of nitrogens with two attached hydrogens (primary N) is 1. The molecule has 38 heavy (non-hydrogen) atoms. The van der Waals surface area contributed by atoms with E-state index in [-0.39, 0.29) is 22.6 Å². The highest BCUT2D eigenvalue weighted by atomic mass is 19.3. The zero-order valence-electron chi connectivity index (χ0n) is 20.1. The normalized spacial score (nSPS) is 13.4. The second-order valence-electron chi connectivity index (χ2n) is 8.42. The summed E-state index contributed by atoms with van der Waals surface area (Å²) >= 11 is 0. The fraction of sp³-hybridized carbons (Fsp3) is 0.154. The van der Waals surface area contributed by atoms with Crippen molar-refractivity contribution in [1.82, 2.24) is 9.78 Å². The van der Waals surface area contributed by atoms with Crippen LogP contribution in [0.15, 0.2) is 65.5 Å². The molecule has 0 radical (unpaired) electrons. The van der Waals surface area contributed by atoms with E-state index in [1.54, 1.807) is 30.3 Å². The van der Waals surface area contributed by atoms with Crippen LogP contribution in [0.25, 0.3) is 22.0 Å². The monoisotopic (exact) mass is 522 g/mol. The molecule has 0 saturated carbocycles. The number of aromatic nitrogens is 2. The molecule has 0 bridgehead atoms. The van der Waals surface area contributed by atoms with Gasteiger partial charge in [0.15, 0.2) is 11.5 Å². The van der Waals surface area contributed by atoms with Crippen molar-refractivity contribution in [3.8, 4) is 28.5 Å². The topological polar surface area (TPSA) is 126 Å². The Morgan fingerprint density at radius 2 is 1.74 bits per heavy atom. The maximum absolute atomic E-state index is 13.4. The second-order valence-corrected chi connectivity index (χ2v) is 8.42. The van der Waals surface area contributed by atoms with E-state index in [4.69, 9.17) is 10.5 Å². The molecule has 5 rings (SSSR count). The molecule has 1 aliphatic heterocycles. The minimum atomic E-state index is -3.79. The number of anilines is 1. The maximum atomic E-state index is 13.4. The zero-order valence-corrected chi connectivity index (χ0v) is 20.1. The van der Waals surface area contributed by atoms with Gasteiger partial charge in [-0.05, 0) is 42.5 Å². The summed E-state index contributed by atoms with van der Waals surface area (Å²) in [5.41, 5.74) is 6.31. The molecule has 2 heterocycles. The van der Waals surface area contributed by atoms with E-state index in [9.17, 15) is 23.2 Å². The van der Waals surface area contributed by atoms with Crippen molar-refractivity contribution >= 4 is 28.3 Å². The van der Waals surface area contributed by atoms with Crippen LogP contribution in [0.5, 0.6) is 17.2 Å². The molecule has 10 nitrogen and oxygen atoms in total. The largest absolute Gasteiger partial charge is 0.586 e. The number of alkyl halides is 2. The number of primary amides is 1. The van der Waals surface area contributed by atoms with Gasteiger partial charge in [-0.2, -0.15) is 5.10 Å². The van der Waals surface area contributed by atoms with Gasteiger partial charge in [-0.15, -0.1) is 8.78 Å². The molecule has 2 amide bonds. The number of carbonyl (C=O) groups excluding carboxylic acids is 2. The highest BCUT2D eigenvalue weighted by Crippen LogP contribution is 2.42. The standard InChI is InChI=1S/C26H20F2N4O6/c1-31(16-7-10-20-21(11-16)38-26(27,28)37-20)22(33)13-32-25(35)19-12-17(36-2)8-9-18(19)23(30-32)14-3-5-15(6-4-14)24(29)34/h3-12H,13H2,1-2H3,(H2,29,34). The Morgan fingerprint density at radius 1 is 1.03 bits per heavy atom. The van der Waals surface area contributed by atoms with Gasteiger partial charge in [-0.25, -0.2) is 4.68 Å². The molecule has 1 aliphatic rings. The summed E-state index contributed by atoms with van der Waals surface area (Å²) in [6.07, 6.45) is -3.79. The van der Waals surface area contributed by atoms with Crippen LogP contribution in [0.4, 0.5) is 14.5 Å². The molecule has 0 spiro atoms. The van der Waals surface area contributed by atoms with Crippen LogP contribution >= 0.6 is 0 Å². The molecule has 1 aromatic heterocycles. The first-order chi connectivity index (χ1) is 18.1. The summed E-state index contributed by atoms with van der Waals surface area (Å²) in [6, 6.07) is 15.2. The Bertz CT molecular complexity index is 1650. The fourth-order valence-electron chi connectivity index (χ4n) is 4.03. The smallest absolute Gasteiger partial charge is 0.497 e. The number of hydrogen-bond acceptors (Lipinski definition) is 7. The van der Waals surface area contributed by atoms with Crippen molar-refractivity contribution < 1.29 is 32.6 Å². The lowest BCUT2D eigenvalue weighted by Gasteiger charge is -2.19. The first kappa shape index (κ1) is 24.7. The predicted molar refractivity (Wildman–Crippen MR) is 133 cm³/mol. The fourth-order valence-corrected chi connectivity index (χ4v) is 4.03. The van der Waals surface area contributed by atoms with Crippen molar-refractivity contribution in [2.24, 2.45) is 5.73 Å². The van der Waals surface area contributed by atoms with Gasteiger partial charge in [0.05, 0.1) is 18.2 Å². The van der Waals surface area contributed by atoms with Crippen LogP contribution < -0.4 is 30.4 Å². The van der Waals surface area contributed by atoms with Gasteiger partial charge >= 0.3 is 6.29 Å². The van der Waals surface area contributed by atoms with Crippen LogP contribution in [-0.4, -0.2) is 42.0 Å². The summed E-state index contributed by atoms with van der Waals surface area (Å²) in [6.45, 7) is -0.459. The summed E-state index contributed by atoms with van der Waals surface area (Å²) in [4.78, 5) is 39.2. The summed E-state index contributed by atoms with van der Waals surface area (Å²) in [5, 5.41) is 5.22. The Hall–Kier alpha value is -5.00. The van der Waals surface area contributed by atoms with E-state index in [1.807, 2.05) is 0 Å². The Morgan fingerprint density at radius 3 is 2.42 bits per heavy atom. The quantitative estimate of drug-likeness (QED) is 0.412. The molecule has 0 atom stereocenters. The molecule has 2 N–H and O–H groups in total. The van der Waals surface area contributed by atoms with Crippen LogP contribution in [0, 0.1) is 0 Å². The van der Waals surface area contributed by atoms with Crippen LogP contribution in [0.1, 0.15) is 10.4 Å². The zero-order chi connectivity index (χ0) is 27.2. The molecule has 0 saturated heterocycles. The second kappa shape index (κ2) is 9.14. The molecular formula is C26H20F2N4O6. The molecular weight excluding hydrogens is 502 g/mol. The summed E-state index contributed by atoms with van der Waals surface area (Å²) in [7, 11) is 2.89. The van der Waals surface area contributed by atoms with E-state index < -0.39 is 30.2 Å². The van der Waals surface area contributed by atoms with Crippen LogP contribution in [-0.2, 0) is 11.3 Å². The first-order valence-corrected chi connectivity index (χ1v) is 11.2. The SMILES string of the molecule is COc1ccc2c(-c3ccc(C(N)=O)cc3)nn(CC(=O)N(C)c3ccc4c(c3)OC(F)(F)O4)c(=O)c2c1. The number of halogens is 2. The molecule has 194 valence electrons. The minimum Gasteiger partial charge on any atom is -0.497 e. The number of fused-ring (bicyclic) bond motifs is 2. The third kappa shape index (κ3) is 4.47. The average molecular weight is 522 g/mol. The number of rotatable bonds is 6. The predicted octanol–water partition coefficient (Wildman–Crippen LogP) is 3.16. The van der Waals surface area contributed by atoms with Crippen molar-refractivity contribution in [1.29, 1.82) is 0 Å². The number of hydrogen-bond donors (Lipinski definition) is 1. The van der Waals surface area contributed by atoms with E-state index in [2.05, 4.69) is 14.6 Å². The lowest BCUT2D eigenvalue weighted by Crippen LogP contribution is -2.35. The minimum absolute atomic E-state index is 0.159. The molecule has 4 aromatic rings. The van der Waals surface area contributed by atoms with Crippen LogP contribution in [0.3, 0.4) is 0 Å². The molecule has 3 aromatic carbocycles. The third-order valence-corrected chi connectivity index (χ3v) is 6.04. The number of nitrogens with zero attached hydrogens (tertiary/aromatic N) is 3. The van der Waals surface area contributed by atoms with Crippen LogP contribution in [0.2, 0.25) is 0 Å². The first-order valence-electron chi connectivity index (χ1n) is 11.2. The molecule has 0 unspecified atom stereocenters. The maximum Gasteiger partial charge on any atom is 0.586 e. The van der Waals surface area contributed by atoms with E-state index in [1.165, 1.54) is 49.4 Å². The van der Waals surface area contributed by atoms with Gasteiger partial charge in [0.1, 0.15) is 12.3 Å². The summed E-state index contributed by atoms with van der Waals surface area (Å²) in [5.74, 6) is -1.09. The average Bonchev–Trinajstić information content (AvgIpc) is 3.22. The van der Waals surface area contributed by atoms with E-state index in [0.29, 0.717) is 28.0 Å². The highest BCUT2D eigenvalue weighted by molar-refractivity contribution is 5.97. The van der Waals surface area contributed by atoms with Crippen molar-refractivity contribution in [3.63, 3.8) is 0 Å². The molecule has 0 fully saturated rings. The van der Waals surface area contributed by atoms with Crippen molar-refractivity contribution in [3.05, 3.63) is 76.6 Å². The number of ether oxygens (including phenoxy) is 3. The molecule has 12 heteroatoms. The van der Waals surface area contributed by atoms with Gasteiger partial charge < -0.3 is 24.8 Å². The lowest BCUT2D eigenvalue weighted by atomic mass is 10.0. The Labute approximate surface area is 213 Å². The summed E-state index contributed by atoms with van der Waals surface area (Å²) < 4.78 is 41.9. The lowest BCUT2D eigenvalue weighted by molar-refractivity contribution is -0.286. The van der Waals surface area contributed by atoms with Gasteiger partial charge in [-0.3, -0.25) is 14.4 Å². The van der Waals surface area contributed by atoms with Gasteiger partial charge in [0, 0.05) is 35.3 Å². The van der Waals surface area contributed by atoms with Gasteiger partial charge in [0.2, 0.25) is 11.8 Å². The Balaban J connectivity index is 1.53. The van der Waals surface area contributed by atoms with Gasteiger partial charge in [0.25, 0.3) is 5.56 Å². The number of likely N-dealkylation sites (N-methyl/N-ethyl adjacent to an activating group) is 1. The van der Waals surface area contributed by atoms with Crippen molar-refractivity contribution in [2.45, 2.75) is 12.8 Å². The van der Waals surface area contributed by atoms with Crippen molar-refractivity contribution in [2.75, 3.05) is 19.1 Å².